The quantitative estimate of drug-likeness (QED) is 0.716. The van der Waals surface area contributed by atoms with E-state index >= 15 is 0 Å². The number of nitrogens with one attached hydrogen (secondary N) is 2. The molecule has 2 aromatic carbocycles. The van der Waals surface area contributed by atoms with Crippen LogP contribution >= 0.6 is 0 Å². The second-order valence-electron chi connectivity index (χ2n) is 5.15. The van der Waals surface area contributed by atoms with E-state index in [1.54, 1.807) is 25.2 Å². The van der Waals surface area contributed by atoms with Gasteiger partial charge in [0.05, 0.1) is 11.9 Å². The van der Waals surface area contributed by atoms with Gasteiger partial charge in [-0.05, 0) is 48.7 Å². The molecule has 0 fully saturated rings. The van der Waals surface area contributed by atoms with E-state index in [0.717, 1.165) is 0 Å². The molecule has 0 bridgehead atoms. The lowest BCUT2D eigenvalue weighted by molar-refractivity contribution is 0.588. The van der Waals surface area contributed by atoms with Crippen molar-refractivity contribution in [3.8, 4) is 11.4 Å². The first-order valence-corrected chi connectivity index (χ1v) is 8.72. The van der Waals surface area contributed by atoms with Crippen molar-refractivity contribution in [1.29, 1.82) is 0 Å². The average molecular weight is 362 g/mol. The first-order valence-electron chi connectivity index (χ1n) is 7.23. The summed E-state index contributed by atoms with van der Waals surface area (Å²) in [6.07, 6.45) is 0. The lowest BCUT2D eigenvalue weighted by Crippen LogP contribution is -2.18. The number of halogens is 1. The zero-order chi connectivity index (χ0) is 18.0. The lowest BCUT2D eigenvalue weighted by Gasteiger charge is -2.12. The van der Waals surface area contributed by atoms with Crippen LogP contribution in [0.1, 0.15) is 0 Å². The van der Waals surface area contributed by atoms with Crippen LogP contribution in [0.25, 0.3) is 11.4 Å². The molecule has 0 unspecified atom stereocenters. The highest BCUT2D eigenvalue weighted by molar-refractivity contribution is 7.89. The number of anilines is 2. The maximum Gasteiger partial charge on any atom is 0.240 e. The van der Waals surface area contributed by atoms with E-state index in [4.69, 9.17) is 0 Å². The minimum absolute atomic E-state index is 0.0576. The van der Waals surface area contributed by atoms with Gasteiger partial charge in [0.15, 0.2) is 0 Å². The van der Waals surface area contributed by atoms with Gasteiger partial charge in [-0.3, -0.25) is 0 Å². The van der Waals surface area contributed by atoms with Crippen molar-refractivity contribution in [3.05, 3.63) is 48.3 Å². The van der Waals surface area contributed by atoms with E-state index in [1.165, 1.54) is 36.1 Å². The Bertz CT molecular complexity index is 1020. The number of nitrogens with zero attached hydrogens (tertiary/aromatic N) is 4. The van der Waals surface area contributed by atoms with E-state index in [-0.39, 0.29) is 10.7 Å². The zero-order valence-electron chi connectivity index (χ0n) is 13.4. The maximum absolute atomic E-state index is 13.4. The first-order chi connectivity index (χ1) is 11.9. The predicted octanol–water partition coefficient (Wildman–Crippen LogP) is 1.67. The van der Waals surface area contributed by atoms with Gasteiger partial charge in [0.2, 0.25) is 15.8 Å². The van der Waals surface area contributed by atoms with Crippen LogP contribution in [0, 0.1) is 5.82 Å². The van der Waals surface area contributed by atoms with Crippen LogP contribution < -0.4 is 10.0 Å². The molecule has 3 aromatic rings. The minimum atomic E-state index is -3.64. The van der Waals surface area contributed by atoms with Gasteiger partial charge in [-0.15, -0.1) is 10.2 Å². The summed E-state index contributed by atoms with van der Waals surface area (Å²) in [5, 5.41) is 14.9. The third-order valence-electron chi connectivity index (χ3n) is 3.42. The molecule has 0 saturated heterocycles. The fraction of sp³-hybridized carbons (Fsp3) is 0.133. The Morgan fingerprint density at radius 1 is 1.16 bits per heavy atom. The van der Waals surface area contributed by atoms with Gasteiger partial charge in [0, 0.05) is 16.9 Å². The van der Waals surface area contributed by atoms with Gasteiger partial charge in [-0.2, -0.15) is 4.80 Å². The second-order valence-corrected chi connectivity index (χ2v) is 7.04. The van der Waals surface area contributed by atoms with E-state index < -0.39 is 15.8 Å². The van der Waals surface area contributed by atoms with Crippen molar-refractivity contribution in [3.63, 3.8) is 0 Å². The summed E-state index contributed by atoms with van der Waals surface area (Å²) in [4.78, 5) is 1.32. The zero-order valence-corrected chi connectivity index (χ0v) is 14.2. The number of benzene rings is 2. The molecule has 0 amide bonds. The van der Waals surface area contributed by atoms with Crippen molar-refractivity contribution in [2.24, 2.45) is 7.05 Å². The highest BCUT2D eigenvalue weighted by Crippen LogP contribution is 2.30. The number of rotatable bonds is 5. The maximum atomic E-state index is 13.4. The molecule has 25 heavy (non-hydrogen) atoms. The molecule has 0 aliphatic heterocycles. The molecular formula is C15H15FN6O2S. The lowest BCUT2D eigenvalue weighted by atomic mass is 10.1. The van der Waals surface area contributed by atoms with Crippen LogP contribution in [0.4, 0.5) is 15.8 Å². The Hall–Kier alpha value is -2.85. The summed E-state index contributed by atoms with van der Waals surface area (Å²) >= 11 is 0. The largest absolute Gasteiger partial charge is 0.355 e. The molecule has 3 rings (SSSR count). The van der Waals surface area contributed by atoms with Crippen LogP contribution in [-0.2, 0) is 17.1 Å². The number of sulfonamides is 1. The highest BCUT2D eigenvalue weighted by Gasteiger charge is 2.18. The second kappa shape index (κ2) is 6.57. The molecule has 1 aromatic heterocycles. The van der Waals surface area contributed by atoms with Gasteiger partial charge >= 0.3 is 0 Å². The van der Waals surface area contributed by atoms with Crippen LogP contribution in [0.5, 0.6) is 0 Å². The van der Waals surface area contributed by atoms with Crippen molar-refractivity contribution >= 4 is 21.4 Å². The van der Waals surface area contributed by atoms with Crippen LogP contribution in [-0.4, -0.2) is 35.7 Å². The van der Waals surface area contributed by atoms with Gasteiger partial charge in [0.1, 0.15) is 5.82 Å². The Balaban J connectivity index is 2.11. The van der Waals surface area contributed by atoms with E-state index in [2.05, 4.69) is 25.4 Å². The van der Waals surface area contributed by atoms with Gasteiger partial charge in [-0.1, -0.05) is 6.07 Å². The number of aryl methyl sites for hydroxylation is 1. The third-order valence-corrected chi connectivity index (χ3v) is 4.83. The molecule has 1 heterocycles. The van der Waals surface area contributed by atoms with Crippen LogP contribution in [0.3, 0.4) is 0 Å². The number of aromatic nitrogens is 4. The molecule has 8 nitrogen and oxygen atoms in total. The standard InChI is InChI=1S/C15H15FN6O2S/c1-17-25(23,24)12-6-7-14(18-11-5-3-4-10(16)8-11)13(9-12)15-19-21-22(2)20-15/h3-9,17-18H,1-2H3. The Morgan fingerprint density at radius 3 is 2.60 bits per heavy atom. The fourth-order valence-electron chi connectivity index (χ4n) is 2.22. The molecule has 0 atom stereocenters. The number of hydrogen-bond acceptors (Lipinski definition) is 6. The van der Waals surface area contributed by atoms with Crippen LogP contribution in [0.15, 0.2) is 47.4 Å². The highest BCUT2D eigenvalue weighted by atomic mass is 32.2. The summed E-state index contributed by atoms with van der Waals surface area (Å²) < 4.78 is 39.8. The molecule has 10 heteroatoms. The molecule has 0 aliphatic carbocycles. The summed E-state index contributed by atoms with van der Waals surface area (Å²) in [6, 6.07) is 10.4. The van der Waals surface area contributed by atoms with Crippen molar-refractivity contribution < 1.29 is 12.8 Å². The Labute approximate surface area is 143 Å². The third kappa shape index (κ3) is 3.64. The summed E-state index contributed by atoms with van der Waals surface area (Å²) in [7, 11) is -0.709. The number of tetrazole rings is 1. The molecule has 0 saturated carbocycles. The average Bonchev–Trinajstić information content (AvgIpc) is 3.01. The first kappa shape index (κ1) is 17.0. The predicted molar refractivity (Wildman–Crippen MR) is 90.2 cm³/mol. The topological polar surface area (TPSA) is 102 Å². The van der Waals surface area contributed by atoms with Crippen molar-refractivity contribution in [1.82, 2.24) is 24.9 Å². The van der Waals surface area contributed by atoms with E-state index in [9.17, 15) is 12.8 Å². The van der Waals surface area contributed by atoms with Gasteiger partial charge in [-0.25, -0.2) is 17.5 Å². The van der Waals surface area contributed by atoms with Crippen molar-refractivity contribution in [2.75, 3.05) is 12.4 Å². The van der Waals surface area contributed by atoms with Gasteiger partial charge in [0.25, 0.3) is 0 Å². The molecule has 0 radical (unpaired) electrons. The summed E-state index contributed by atoms with van der Waals surface area (Å²) in [5.74, 6) is -0.145. The van der Waals surface area contributed by atoms with E-state index in [0.29, 0.717) is 16.9 Å². The normalized spacial score (nSPS) is 11.5. The van der Waals surface area contributed by atoms with Crippen molar-refractivity contribution in [2.45, 2.75) is 4.90 Å². The number of hydrogen-bond donors (Lipinski definition) is 2. The van der Waals surface area contributed by atoms with Gasteiger partial charge < -0.3 is 5.32 Å². The fourth-order valence-corrected chi connectivity index (χ4v) is 2.97. The molecular weight excluding hydrogens is 347 g/mol. The molecule has 2 N–H and O–H groups in total. The smallest absolute Gasteiger partial charge is 0.240 e. The monoisotopic (exact) mass is 362 g/mol. The summed E-state index contributed by atoms with van der Waals surface area (Å²) in [6.45, 7) is 0. The Morgan fingerprint density at radius 2 is 1.96 bits per heavy atom. The molecule has 0 aliphatic rings. The molecule has 0 spiro atoms. The Kier molecular flexibility index (Phi) is 4.47. The minimum Gasteiger partial charge on any atom is -0.355 e. The SMILES string of the molecule is CNS(=O)(=O)c1ccc(Nc2cccc(F)c2)c(-c2nnn(C)n2)c1. The van der Waals surface area contributed by atoms with Crippen LogP contribution in [0.2, 0.25) is 0 Å². The molecule has 130 valence electrons. The summed E-state index contributed by atoms with van der Waals surface area (Å²) in [5.41, 5.74) is 1.46. The van der Waals surface area contributed by atoms with E-state index in [1.807, 2.05) is 0 Å².